The van der Waals surface area contributed by atoms with Crippen molar-refractivity contribution in [3.63, 3.8) is 0 Å². The number of halogens is 1. The number of carboxylic acids is 1. The SMILES string of the molecule is CC1CCC(c2ccc(F)cc2)C1(C(=O)O)N1CCCCC1. The van der Waals surface area contributed by atoms with Gasteiger partial charge in [0.25, 0.3) is 0 Å². The van der Waals surface area contributed by atoms with Crippen molar-refractivity contribution in [2.24, 2.45) is 5.92 Å². The maximum absolute atomic E-state index is 13.2. The zero-order valence-electron chi connectivity index (χ0n) is 13.1. The van der Waals surface area contributed by atoms with Crippen molar-refractivity contribution in [2.45, 2.75) is 50.5 Å². The Morgan fingerprint density at radius 3 is 2.41 bits per heavy atom. The van der Waals surface area contributed by atoms with Crippen LogP contribution in [0.25, 0.3) is 0 Å². The molecular formula is C18H24FNO2. The van der Waals surface area contributed by atoms with Crippen LogP contribution in [0.2, 0.25) is 0 Å². The van der Waals surface area contributed by atoms with Gasteiger partial charge in [0.15, 0.2) is 0 Å². The van der Waals surface area contributed by atoms with E-state index in [9.17, 15) is 14.3 Å². The van der Waals surface area contributed by atoms with Crippen molar-refractivity contribution in [1.29, 1.82) is 0 Å². The van der Waals surface area contributed by atoms with Crippen LogP contribution in [-0.4, -0.2) is 34.6 Å². The second-order valence-corrected chi connectivity index (χ2v) is 6.76. The number of likely N-dealkylation sites (tertiary alicyclic amines) is 1. The molecule has 1 aliphatic heterocycles. The van der Waals surface area contributed by atoms with Crippen LogP contribution in [0, 0.1) is 11.7 Å². The minimum atomic E-state index is -0.835. The summed E-state index contributed by atoms with van der Waals surface area (Å²) in [4.78, 5) is 14.6. The maximum Gasteiger partial charge on any atom is 0.325 e. The number of benzene rings is 1. The smallest absolute Gasteiger partial charge is 0.325 e. The Bertz CT molecular complexity index is 539. The van der Waals surface area contributed by atoms with Gasteiger partial charge in [0, 0.05) is 5.92 Å². The van der Waals surface area contributed by atoms with Gasteiger partial charge in [-0.1, -0.05) is 25.5 Å². The van der Waals surface area contributed by atoms with Gasteiger partial charge in [-0.05, 0) is 62.4 Å². The highest BCUT2D eigenvalue weighted by molar-refractivity contribution is 5.81. The molecule has 3 atom stereocenters. The van der Waals surface area contributed by atoms with E-state index in [2.05, 4.69) is 11.8 Å². The van der Waals surface area contributed by atoms with Gasteiger partial charge in [0.05, 0.1) is 0 Å². The molecule has 1 aromatic rings. The van der Waals surface area contributed by atoms with E-state index in [-0.39, 0.29) is 17.7 Å². The summed E-state index contributed by atoms with van der Waals surface area (Å²) in [5.74, 6) is -0.931. The number of carbonyl (C=O) groups is 1. The molecule has 22 heavy (non-hydrogen) atoms. The molecule has 1 aromatic carbocycles. The fourth-order valence-corrected chi connectivity index (χ4v) is 4.61. The van der Waals surface area contributed by atoms with E-state index >= 15 is 0 Å². The van der Waals surface area contributed by atoms with E-state index in [0.717, 1.165) is 44.3 Å². The van der Waals surface area contributed by atoms with Crippen LogP contribution in [0.15, 0.2) is 24.3 Å². The first-order chi connectivity index (χ1) is 10.6. The van der Waals surface area contributed by atoms with Crippen LogP contribution in [-0.2, 0) is 4.79 Å². The molecule has 4 heteroatoms. The lowest BCUT2D eigenvalue weighted by Gasteiger charge is -2.46. The van der Waals surface area contributed by atoms with Crippen molar-refractivity contribution in [2.75, 3.05) is 13.1 Å². The first-order valence-corrected chi connectivity index (χ1v) is 8.30. The molecular weight excluding hydrogens is 281 g/mol. The Kier molecular flexibility index (Phi) is 4.22. The van der Waals surface area contributed by atoms with Crippen molar-refractivity contribution >= 4 is 5.97 Å². The second kappa shape index (κ2) is 5.99. The number of hydrogen-bond donors (Lipinski definition) is 1. The Morgan fingerprint density at radius 2 is 1.82 bits per heavy atom. The highest BCUT2D eigenvalue weighted by Gasteiger charge is 2.58. The van der Waals surface area contributed by atoms with Gasteiger partial charge in [-0.25, -0.2) is 4.39 Å². The van der Waals surface area contributed by atoms with Crippen molar-refractivity contribution < 1.29 is 14.3 Å². The van der Waals surface area contributed by atoms with Gasteiger partial charge in [0.1, 0.15) is 11.4 Å². The van der Waals surface area contributed by atoms with E-state index < -0.39 is 11.5 Å². The Morgan fingerprint density at radius 1 is 1.18 bits per heavy atom. The molecule has 3 rings (SSSR count). The number of piperidine rings is 1. The largest absolute Gasteiger partial charge is 0.480 e. The molecule has 0 amide bonds. The molecule has 1 heterocycles. The van der Waals surface area contributed by atoms with Crippen LogP contribution in [0.5, 0.6) is 0 Å². The van der Waals surface area contributed by atoms with E-state index in [1.54, 1.807) is 12.1 Å². The van der Waals surface area contributed by atoms with E-state index in [4.69, 9.17) is 0 Å². The normalized spacial score (nSPS) is 33.0. The Labute approximate surface area is 131 Å². The van der Waals surface area contributed by atoms with Gasteiger partial charge in [-0.3, -0.25) is 9.69 Å². The first kappa shape index (κ1) is 15.5. The average molecular weight is 305 g/mol. The fourth-order valence-electron chi connectivity index (χ4n) is 4.61. The van der Waals surface area contributed by atoms with Gasteiger partial charge < -0.3 is 5.11 Å². The van der Waals surface area contributed by atoms with Gasteiger partial charge >= 0.3 is 5.97 Å². The highest BCUT2D eigenvalue weighted by atomic mass is 19.1. The summed E-state index contributed by atoms with van der Waals surface area (Å²) in [7, 11) is 0. The molecule has 1 aliphatic carbocycles. The van der Waals surface area contributed by atoms with Crippen LogP contribution >= 0.6 is 0 Å². The Hall–Kier alpha value is -1.42. The third-order valence-electron chi connectivity index (χ3n) is 5.67. The molecule has 2 aliphatic rings. The zero-order valence-corrected chi connectivity index (χ0v) is 13.1. The van der Waals surface area contributed by atoms with Gasteiger partial charge in [-0.2, -0.15) is 0 Å². The van der Waals surface area contributed by atoms with Crippen molar-refractivity contribution in [3.8, 4) is 0 Å². The zero-order chi connectivity index (χ0) is 15.7. The highest BCUT2D eigenvalue weighted by Crippen LogP contribution is 2.51. The van der Waals surface area contributed by atoms with Crippen molar-refractivity contribution in [3.05, 3.63) is 35.6 Å². The van der Waals surface area contributed by atoms with E-state index in [0.29, 0.717) is 0 Å². The van der Waals surface area contributed by atoms with Gasteiger partial charge in [0.2, 0.25) is 0 Å². The molecule has 0 aromatic heterocycles. The Balaban J connectivity index is 2.03. The number of rotatable bonds is 3. The van der Waals surface area contributed by atoms with Crippen LogP contribution in [0.4, 0.5) is 4.39 Å². The number of carboxylic acid groups (broad SMARTS) is 1. The predicted molar refractivity (Wildman–Crippen MR) is 83.3 cm³/mol. The third kappa shape index (κ3) is 2.34. The van der Waals surface area contributed by atoms with Crippen LogP contribution in [0.3, 0.4) is 0 Å². The minimum absolute atomic E-state index is 0.0568. The lowest BCUT2D eigenvalue weighted by atomic mass is 9.75. The summed E-state index contributed by atoms with van der Waals surface area (Å²) in [6, 6.07) is 6.42. The van der Waals surface area contributed by atoms with E-state index in [1.807, 2.05) is 0 Å². The topological polar surface area (TPSA) is 40.5 Å². The van der Waals surface area contributed by atoms with Crippen molar-refractivity contribution in [1.82, 2.24) is 4.90 Å². The summed E-state index contributed by atoms with van der Waals surface area (Å²) in [5.41, 5.74) is 0.122. The van der Waals surface area contributed by atoms with Gasteiger partial charge in [-0.15, -0.1) is 0 Å². The average Bonchev–Trinajstić information content (AvgIpc) is 2.87. The second-order valence-electron chi connectivity index (χ2n) is 6.76. The summed E-state index contributed by atoms with van der Waals surface area (Å²) < 4.78 is 13.2. The molecule has 3 nitrogen and oxygen atoms in total. The summed E-state index contributed by atoms with van der Waals surface area (Å²) in [6.45, 7) is 3.77. The first-order valence-electron chi connectivity index (χ1n) is 8.30. The quantitative estimate of drug-likeness (QED) is 0.926. The molecule has 2 fully saturated rings. The lowest BCUT2D eigenvalue weighted by molar-refractivity contribution is -0.156. The maximum atomic E-state index is 13.2. The molecule has 1 N–H and O–H groups in total. The molecule has 0 spiro atoms. The monoisotopic (exact) mass is 305 g/mol. The number of nitrogens with zero attached hydrogens (tertiary/aromatic N) is 1. The number of aliphatic carboxylic acids is 1. The summed E-state index contributed by atoms with van der Waals surface area (Å²) in [5, 5.41) is 10.2. The molecule has 3 unspecified atom stereocenters. The number of hydrogen-bond acceptors (Lipinski definition) is 2. The molecule has 120 valence electrons. The fraction of sp³-hybridized carbons (Fsp3) is 0.611. The molecule has 1 saturated carbocycles. The van der Waals surface area contributed by atoms with E-state index in [1.165, 1.54) is 18.6 Å². The predicted octanol–water partition coefficient (Wildman–Crippen LogP) is 3.65. The van der Waals surface area contributed by atoms with Crippen LogP contribution < -0.4 is 0 Å². The summed E-state index contributed by atoms with van der Waals surface area (Å²) in [6.07, 6.45) is 5.08. The third-order valence-corrected chi connectivity index (χ3v) is 5.67. The summed E-state index contributed by atoms with van der Waals surface area (Å²) >= 11 is 0. The minimum Gasteiger partial charge on any atom is -0.480 e. The molecule has 0 radical (unpaired) electrons. The standard InChI is InChI=1S/C18H24FNO2/c1-13-5-10-16(14-6-8-15(19)9-7-14)18(13,17(21)22)20-11-3-2-4-12-20/h6-9,13,16H,2-5,10-12H2,1H3,(H,21,22). The molecule has 0 bridgehead atoms. The molecule has 1 saturated heterocycles. The van der Waals surface area contributed by atoms with Crippen LogP contribution in [0.1, 0.15) is 50.5 Å². The lowest BCUT2D eigenvalue weighted by Crippen LogP contribution is -2.61.